The third-order valence-corrected chi connectivity index (χ3v) is 3.56. The summed E-state index contributed by atoms with van der Waals surface area (Å²) in [6.45, 7) is 2.46. The smallest absolute Gasteiger partial charge is 0.332 e. The van der Waals surface area contributed by atoms with E-state index in [1.54, 1.807) is 7.05 Å². The van der Waals surface area contributed by atoms with Crippen molar-refractivity contribution in [3.8, 4) is 0 Å². The highest BCUT2D eigenvalue weighted by Gasteiger charge is 2.08. The predicted octanol–water partition coefficient (Wildman–Crippen LogP) is 0.0639. The summed E-state index contributed by atoms with van der Waals surface area (Å²) < 4.78 is 3.31. The van der Waals surface area contributed by atoms with E-state index >= 15 is 0 Å². The fraction of sp³-hybridized carbons (Fsp3) is 0.286. The molecule has 0 spiro atoms. The third kappa shape index (κ3) is 3.07. The Balaban J connectivity index is 1.56. The van der Waals surface area contributed by atoms with Gasteiger partial charge in [-0.05, 0) is 19.1 Å². The maximum absolute atomic E-state index is 11.8. The summed E-state index contributed by atoms with van der Waals surface area (Å²) in [6.07, 6.45) is 1.89. The number of amides is 2. The number of nitrogens with one attached hydrogen (secondary N) is 3. The van der Waals surface area contributed by atoms with Gasteiger partial charge in [0.15, 0.2) is 5.82 Å². The van der Waals surface area contributed by atoms with Gasteiger partial charge in [0, 0.05) is 18.9 Å². The Morgan fingerprint density at radius 3 is 2.78 bits per heavy atom. The second kappa shape index (κ2) is 5.95. The van der Waals surface area contributed by atoms with E-state index in [1.165, 1.54) is 4.57 Å². The van der Waals surface area contributed by atoms with Crippen molar-refractivity contribution in [3.63, 3.8) is 0 Å². The van der Waals surface area contributed by atoms with Crippen LogP contribution in [0.3, 0.4) is 0 Å². The van der Waals surface area contributed by atoms with E-state index in [2.05, 4.69) is 25.8 Å². The van der Waals surface area contributed by atoms with Crippen molar-refractivity contribution in [2.24, 2.45) is 7.05 Å². The maximum atomic E-state index is 11.8. The monoisotopic (exact) mass is 315 g/mol. The van der Waals surface area contributed by atoms with E-state index in [0.29, 0.717) is 12.4 Å². The molecule has 0 aromatic carbocycles. The van der Waals surface area contributed by atoms with Gasteiger partial charge in [0.25, 0.3) is 0 Å². The Hall–Kier alpha value is -3.10. The lowest BCUT2D eigenvalue weighted by molar-refractivity contribution is 0.239. The molecule has 3 heterocycles. The predicted molar refractivity (Wildman–Crippen MR) is 82.8 cm³/mol. The molecule has 0 bridgehead atoms. The fourth-order valence-electron chi connectivity index (χ4n) is 2.21. The van der Waals surface area contributed by atoms with E-state index in [9.17, 15) is 9.59 Å². The quantitative estimate of drug-likeness (QED) is 0.632. The molecule has 9 nitrogen and oxygen atoms in total. The van der Waals surface area contributed by atoms with Crippen LogP contribution in [-0.4, -0.2) is 30.2 Å². The number of urea groups is 1. The van der Waals surface area contributed by atoms with Crippen molar-refractivity contribution in [1.29, 1.82) is 0 Å². The molecule has 0 unspecified atom stereocenters. The zero-order valence-corrected chi connectivity index (χ0v) is 12.8. The molecule has 0 radical (unpaired) electrons. The molecule has 0 aliphatic rings. The van der Waals surface area contributed by atoms with Gasteiger partial charge in [0.1, 0.15) is 5.65 Å². The summed E-state index contributed by atoms with van der Waals surface area (Å²) in [5.41, 5.74) is 2.36. The Bertz CT molecular complexity index is 905. The lowest BCUT2D eigenvalue weighted by Crippen LogP contribution is -2.35. The Morgan fingerprint density at radius 1 is 1.30 bits per heavy atom. The number of aromatic amines is 1. The minimum Gasteiger partial charge on any atom is -0.332 e. The summed E-state index contributed by atoms with van der Waals surface area (Å²) in [7, 11) is 1.58. The van der Waals surface area contributed by atoms with E-state index < -0.39 is 0 Å². The average molecular weight is 315 g/mol. The van der Waals surface area contributed by atoms with Gasteiger partial charge in [-0.2, -0.15) is 5.10 Å². The van der Waals surface area contributed by atoms with Gasteiger partial charge < -0.3 is 15.0 Å². The normalized spacial score (nSPS) is 10.9. The van der Waals surface area contributed by atoms with Gasteiger partial charge in [-0.25, -0.2) is 19.7 Å². The minimum atomic E-state index is -0.353. The Kier molecular flexibility index (Phi) is 3.83. The average Bonchev–Trinajstić information content (AvgIpc) is 3.09. The highest BCUT2D eigenvalue weighted by molar-refractivity contribution is 5.73. The fourth-order valence-corrected chi connectivity index (χ4v) is 2.21. The van der Waals surface area contributed by atoms with Crippen molar-refractivity contribution in [2.45, 2.75) is 20.0 Å². The summed E-state index contributed by atoms with van der Waals surface area (Å²) >= 11 is 0. The number of carbonyl (C=O) groups excluding carboxylic acids is 1. The molecule has 3 aromatic heterocycles. The first-order valence-electron chi connectivity index (χ1n) is 7.10. The standard InChI is InChI=1S/C14H17N7O2/c1-9-4-3-5-11-17-10(8-21(9)11)6-15-13(22)16-7-12-18-19-14(23)20(12)2/h3-5,8H,6-7H2,1-2H3,(H,19,23)(H2,15,16,22). The van der Waals surface area contributed by atoms with Crippen LogP contribution in [0.5, 0.6) is 0 Å². The molecule has 0 aliphatic carbocycles. The highest BCUT2D eigenvalue weighted by Crippen LogP contribution is 2.08. The molecule has 0 aliphatic heterocycles. The second-order valence-electron chi connectivity index (χ2n) is 5.17. The van der Waals surface area contributed by atoms with E-state index in [-0.39, 0.29) is 18.3 Å². The first-order valence-corrected chi connectivity index (χ1v) is 7.10. The number of imidazole rings is 1. The molecule has 3 rings (SSSR count). The number of H-pyrrole nitrogens is 1. The molecule has 23 heavy (non-hydrogen) atoms. The molecule has 3 N–H and O–H groups in total. The van der Waals surface area contributed by atoms with Gasteiger partial charge in [-0.3, -0.25) is 4.57 Å². The van der Waals surface area contributed by atoms with Gasteiger partial charge in [0.2, 0.25) is 0 Å². The third-order valence-electron chi connectivity index (χ3n) is 3.56. The molecule has 0 atom stereocenters. The summed E-state index contributed by atoms with van der Waals surface area (Å²) in [5, 5.41) is 11.5. The molecule has 0 saturated carbocycles. The SMILES string of the molecule is Cc1cccc2nc(CNC(=O)NCc3n[nH]c(=O)n3C)cn12. The zero-order valence-electron chi connectivity index (χ0n) is 12.8. The lowest BCUT2D eigenvalue weighted by Gasteiger charge is -2.05. The summed E-state index contributed by atoms with van der Waals surface area (Å²) in [6, 6.07) is 5.49. The number of rotatable bonds is 4. The summed E-state index contributed by atoms with van der Waals surface area (Å²) in [5.74, 6) is 0.452. The number of nitrogens with zero attached hydrogens (tertiary/aromatic N) is 4. The number of pyridine rings is 1. The van der Waals surface area contributed by atoms with Crippen molar-refractivity contribution >= 4 is 11.7 Å². The number of hydrogen-bond acceptors (Lipinski definition) is 4. The van der Waals surface area contributed by atoms with Crippen LogP contribution < -0.4 is 16.3 Å². The van der Waals surface area contributed by atoms with Gasteiger partial charge in [-0.15, -0.1) is 0 Å². The van der Waals surface area contributed by atoms with E-state index in [4.69, 9.17) is 0 Å². The lowest BCUT2D eigenvalue weighted by atomic mass is 10.4. The van der Waals surface area contributed by atoms with Crippen molar-refractivity contribution in [2.75, 3.05) is 0 Å². The van der Waals surface area contributed by atoms with Gasteiger partial charge in [0.05, 0.1) is 18.8 Å². The van der Waals surface area contributed by atoms with E-state index in [1.807, 2.05) is 35.7 Å². The highest BCUT2D eigenvalue weighted by atomic mass is 16.2. The van der Waals surface area contributed by atoms with Crippen LogP contribution in [0.25, 0.3) is 5.65 Å². The number of aryl methyl sites for hydroxylation is 1. The number of carbonyl (C=O) groups is 1. The molecule has 0 saturated heterocycles. The van der Waals surface area contributed by atoms with Crippen LogP contribution in [0.15, 0.2) is 29.2 Å². The topological polar surface area (TPSA) is 109 Å². The van der Waals surface area contributed by atoms with Crippen molar-refractivity contribution < 1.29 is 4.79 Å². The largest absolute Gasteiger partial charge is 0.343 e. The molecular weight excluding hydrogens is 298 g/mol. The minimum absolute atomic E-state index is 0.158. The molecule has 120 valence electrons. The number of aromatic nitrogens is 5. The number of hydrogen-bond donors (Lipinski definition) is 3. The Labute approximate surface area is 131 Å². The first kappa shape index (κ1) is 14.8. The molecule has 3 aromatic rings. The van der Waals surface area contributed by atoms with Crippen molar-refractivity contribution in [1.82, 2.24) is 34.8 Å². The second-order valence-corrected chi connectivity index (χ2v) is 5.17. The molecule has 9 heteroatoms. The van der Waals surface area contributed by atoms with E-state index in [0.717, 1.165) is 17.0 Å². The summed E-state index contributed by atoms with van der Waals surface area (Å²) in [4.78, 5) is 27.5. The number of fused-ring (bicyclic) bond motifs is 1. The maximum Gasteiger partial charge on any atom is 0.343 e. The van der Waals surface area contributed by atoms with Crippen LogP contribution in [-0.2, 0) is 20.1 Å². The van der Waals surface area contributed by atoms with Crippen LogP contribution in [0.1, 0.15) is 17.2 Å². The molecular formula is C14H17N7O2. The molecule has 0 fully saturated rings. The van der Waals surface area contributed by atoms with Crippen LogP contribution in [0, 0.1) is 6.92 Å². The first-order chi connectivity index (χ1) is 11.0. The van der Waals surface area contributed by atoms with Crippen LogP contribution in [0.2, 0.25) is 0 Å². The van der Waals surface area contributed by atoms with Crippen molar-refractivity contribution in [3.05, 3.63) is 52.1 Å². The van der Waals surface area contributed by atoms with Gasteiger partial charge in [-0.1, -0.05) is 6.07 Å². The Morgan fingerprint density at radius 2 is 2.09 bits per heavy atom. The zero-order chi connectivity index (χ0) is 16.4. The van der Waals surface area contributed by atoms with Crippen LogP contribution in [0.4, 0.5) is 4.79 Å². The molecule has 2 amide bonds. The van der Waals surface area contributed by atoms with Gasteiger partial charge >= 0.3 is 11.7 Å². The van der Waals surface area contributed by atoms with Crippen LogP contribution >= 0.6 is 0 Å².